The van der Waals surface area contributed by atoms with Gasteiger partial charge in [0.1, 0.15) is 0 Å². The standard InChI is InChI=1S/C12H22O3/c1-3-9-5-14-11(9)7-13-8-12-10(4-2)6-15-12/h9-12H,3-8H2,1-2H3/t9?,10?,11-,12-/m1/s1. The molecule has 15 heavy (non-hydrogen) atoms. The van der Waals surface area contributed by atoms with Crippen molar-refractivity contribution in [3.05, 3.63) is 0 Å². The number of rotatable bonds is 6. The Morgan fingerprint density at radius 1 is 0.933 bits per heavy atom. The summed E-state index contributed by atoms with van der Waals surface area (Å²) < 4.78 is 16.6. The zero-order valence-corrected chi connectivity index (χ0v) is 9.78. The maximum Gasteiger partial charge on any atom is 0.0858 e. The Morgan fingerprint density at radius 3 is 1.67 bits per heavy atom. The van der Waals surface area contributed by atoms with E-state index in [1.54, 1.807) is 0 Å². The van der Waals surface area contributed by atoms with E-state index in [1.807, 2.05) is 0 Å². The summed E-state index contributed by atoms with van der Waals surface area (Å²) in [5.74, 6) is 1.43. The molecule has 2 aliphatic heterocycles. The van der Waals surface area contributed by atoms with Crippen LogP contribution in [-0.4, -0.2) is 38.6 Å². The van der Waals surface area contributed by atoms with Crippen LogP contribution in [0.1, 0.15) is 26.7 Å². The molecule has 0 amide bonds. The van der Waals surface area contributed by atoms with Crippen LogP contribution in [0, 0.1) is 11.8 Å². The second-order valence-electron chi connectivity index (χ2n) is 4.62. The smallest absolute Gasteiger partial charge is 0.0858 e. The van der Waals surface area contributed by atoms with Crippen LogP contribution in [-0.2, 0) is 14.2 Å². The largest absolute Gasteiger partial charge is 0.376 e. The van der Waals surface area contributed by atoms with Crippen LogP contribution in [0.5, 0.6) is 0 Å². The highest BCUT2D eigenvalue weighted by Gasteiger charge is 2.33. The lowest BCUT2D eigenvalue weighted by atomic mass is 9.95. The molecule has 0 N–H and O–H groups in total. The first kappa shape index (κ1) is 11.4. The summed E-state index contributed by atoms with van der Waals surface area (Å²) in [4.78, 5) is 0. The molecule has 0 aromatic carbocycles. The highest BCUT2D eigenvalue weighted by molar-refractivity contribution is 4.79. The Morgan fingerprint density at radius 2 is 1.40 bits per heavy atom. The second kappa shape index (κ2) is 5.28. The molecule has 2 saturated heterocycles. The molecule has 0 aromatic rings. The van der Waals surface area contributed by atoms with E-state index in [1.165, 1.54) is 12.8 Å². The van der Waals surface area contributed by atoms with E-state index in [0.29, 0.717) is 24.0 Å². The molecule has 3 heteroatoms. The summed E-state index contributed by atoms with van der Waals surface area (Å²) in [5, 5.41) is 0. The lowest BCUT2D eigenvalue weighted by Crippen LogP contribution is -2.46. The maximum atomic E-state index is 5.66. The Labute approximate surface area is 92.1 Å². The molecule has 0 aromatic heterocycles. The third-order valence-electron chi connectivity index (χ3n) is 3.71. The van der Waals surface area contributed by atoms with Crippen molar-refractivity contribution in [3.8, 4) is 0 Å². The topological polar surface area (TPSA) is 27.7 Å². The van der Waals surface area contributed by atoms with Gasteiger partial charge in [-0.15, -0.1) is 0 Å². The highest BCUT2D eigenvalue weighted by Crippen LogP contribution is 2.26. The van der Waals surface area contributed by atoms with E-state index < -0.39 is 0 Å². The Kier molecular flexibility index (Phi) is 4.00. The molecule has 0 saturated carbocycles. The van der Waals surface area contributed by atoms with Crippen molar-refractivity contribution < 1.29 is 14.2 Å². The van der Waals surface area contributed by atoms with Crippen LogP contribution in [0.15, 0.2) is 0 Å². The van der Waals surface area contributed by atoms with E-state index >= 15 is 0 Å². The SMILES string of the molecule is CCC1CO[C@@H]1COC[C@H]1OCC1CC. The maximum absolute atomic E-state index is 5.66. The molecule has 0 radical (unpaired) electrons. The van der Waals surface area contributed by atoms with Crippen molar-refractivity contribution >= 4 is 0 Å². The van der Waals surface area contributed by atoms with E-state index in [4.69, 9.17) is 14.2 Å². The summed E-state index contributed by atoms with van der Waals surface area (Å²) in [6.45, 7) is 7.75. The fourth-order valence-corrected chi connectivity index (χ4v) is 2.17. The molecule has 2 unspecified atom stereocenters. The van der Waals surface area contributed by atoms with Crippen LogP contribution in [0.25, 0.3) is 0 Å². The molecule has 88 valence electrons. The van der Waals surface area contributed by atoms with Gasteiger partial charge in [0.2, 0.25) is 0 Å². The van der Waals surface area contributed by atoms with Gasteiger partial charge in [-0.05, 0) is 12.8 Å². The van der Waals surface area contributed by atoms with Crippen molar-refractivity contribution in [1.82, 2.24) is 0 Å². The van der Waals surface area contributed by atoms with Gasteiger partial charge < -0.3 is 14.2 Å². The fraction of sp³-hybridized carbons (Fsp3) is 1.00. The van der Waals surface area contributed by atoms with Crippen LogP contribution in [0.4, 0.5) is 0 Å². The van der Waals surface area contributed by atoms with Crippen LogP contribution in [0.2, 0.25) is 0 Å². The average Bonchev–Trinajstić information content (AvgIpc) is 2.15. The van der Waals surface area contributed by atoms with Crippen LogP contribution < -0.4 is 0 Å². The molecule has 0 bridgehead atoms. The molecule has 0 spiro atoms. The summed E-state index contributed by atoms with van der Waals surface area (Å²) in [6.07, 6.45) is 3.09. The molecule has 2 fully saturated rings. The predicted molar refractivity (Wildman–Crippen MR) is 57.9 cm³/mol. The molecule has 3 nitrogen and oxygen atoms in total. The molecule has 2 rings (SSSR count). The highest BCUT2D eigenvalue weighted by atomic mass is 16.6. The van der Waals surface area contributed by atoms with Gasteiger partial charge >= 0.3 is 0 Å². The molecular weight excluding hydrogens is 192 g/mol. The minimum absolute atomic E-state index is 0.343. The van der Waals surface area contributed by atoms with Crippen molar-refractivity contribution in [3.63, 3.8) is 0 Å². The Bertz CT molecular complexity index is 171. The first-order valence-electron chi connectivity index (χ1n) is 6.16. The van der Waals surface area contributed by atoms with Gasteiger partial charge in [0.05, 0.1) is 38.6 Å². The van der Waals surface area contributed by atoms with Crippen molar-refractivity contribution in [2.24, 2.45) is 11.8 Å². The van der Waals surface area contributed by atoms with Crippen molar-refractivity contribution in [2.75, 3.05) is 26.4 Å². The Balaban J connectivity index is 1.55. The van der Waals surface area contributed by atoms with Gasteiger partial charge in [-0.2, -0.15) is 0 Å². The van der Waals surface area contributed by atoms with Gasteiger partial charge in [0.15, 0.2) is 0 Å². The van der Waals surface area contributed by atoms with Gasteiger partial charge in [-0.1, -0.05) is 13.8 Å². The van der Waals surface area contributed by atoms with Crippen molar-refractivity contribution in [1.29, 1.82) is 0 Å². The first-order chi connectivity index (χ1) is 7.35. The van der Waals surface area contributed by atoms with E-state index in [-0.39, 0.29) is 0 Å². The molecule has 2 heterocycles. The summed E-state index contributed by atoms with van der Waals surface area (Å²) >= 11 is 0. The minimum Gasteiger partial charge on any atom is -0.376 e. The number of ether oxygens (including phenoxy) is 3. The lowest BCUT2D eigenvalue weighted by Gasteiger charge is -2.38. The first-order valence-corrected chi connectivity index (χ1v) is 6.16. The minimum atomic E-state index is 0.343. The molecular formula is C12H22O3. The van der Waals surface area contributed by atoms with Crippen LogP contribution in [0.3, 0.4) is 0 Å². The zero-order chi connectivity index (χ0) is 10.7. The summed E-state index contributed by atoms with van der Waals surface area (Å²) in [7, 11) is 0. The normalized spacial score (nSPS) is 39.6. The van der Waals surface area contributed by atoms with E-state index in [2.05, 4.69) is 13.8 Å². The van der Waals surface area contributed by atoms with Gasteiger partial charge in [-0.25, -0.2) is 0 Å². The van der Waals surface area contributed by atoms with E-state index in [9.17, 15) is 0 Å². The third kappa shape index (κ3) is 2.52. The van der Waals surface area contributed by atoms with Gasteiger partial charge in [0, 0.05) is 11.8 Å². The van der Waals surface area contributed by atoms with Crippen LogP contribution >= 0.6 is 0 Å². The zero-order valence-electron chi connectivity index (χ0n) is 9.78. The second-order valence-corrected chi connectivity index (χ2v) is 4.62. The number of hydrogen-bond acceptors (Lipinski definition) is 3. The summed E-state index contributed by atoms with van der Waals surface area (Å²) in [6, 6.07) is 0. The quantitative estimate of drug-likeness (QED) is 0.675. The van der Waals surface area contributed by atoms with Gasteiger partial charge in [-0.3, -0.25) is 0 Å². The number of hydrogen-bond donors (Lipinski definition) is 0. The van der Waals surface area contributed by atoms with E-state index in [0.717, 1.165) is 26.4 Å². The fourth-order valence-electron chi connectivity index (χ4n) is 2.17. The van der Waals surface area contributed by atoms with Gasteiger partial charge in [0.25, 0.3) is 0 Å². The molecule has 2 aliphatic rings. The third-order valence-corrected chi connectivity index (χ3v) is 3.71. The molecule has 0 aliphatic carbocycles. The van der Waals surface area contributed by atoms with Crippen molar-refractivity contribution in [2.45, 2.75) is 38.9 Å². The summed E-state index contributed by atoms with van der Waals surface area (Å²) in [5.41, 5.74) is 0. The average molecular weight is 214 g/mol. The molecule has 4 atom stereocenters. The predicted octanol–water partition coefficient (Wildman–Crippen LogP) is 1.85. The Hall–Kier alpha value is -0.120. The lowest BCUT2D eigenvalue weighted by molar-refractivity contribution is -0.180. The monoisotopic (exact) mass is 214 g/mol.